The van der Waals surface area contributed by atoms with Crippen LogP contribution in [0, 0.1) is 6.92 Å². The molecule has 23 heavy (non-hydrogen) atoms. The van der Waals surface area contributed by atoms with Crippen LogP contribution in [0.4, 0.5) is 11.4 Å². The summed E-state index contributed by atoms with van der Waals surface area (Å²) in [4.78, 5) is 37.5. The van der Waals surface area contributed by atoms with Crippen molar-refractivity contribution in [2.75, 3.05) is 17.7 Å². The highest BCUT2D eigenvalue weighted by atomic mass is 16.5. The van der Waals surface area contributed by atoms with E-state index >= 15 is 0 Å². The number of hydrogen-bond donors (Lipinski definition) is 1. The molecule has 1 amide bonds. The molecule has 0 radical (unpaired) electrons. The summed E-state index contributed by atoms with van der Waals surface area (Å²) in [6.07, 6.45) is 2.40. The van der Waals surface area contributed by atoms with Gasteiger partial charge in [-0.3, -0.25) is 19.3 Å². The van der Waals surface area contributed by atoms with Crippen LogP contribution in [0.3, 0.4) is 0 Å². The van der Waals surface area contributed by atoms with E-state index in [-0.39, 0.29) is 11.5 Å². The van der Waals surface area contributed by atoms with E-state index in [1.807, 2.05) is 0 Å². The molecule has 6 nitrogen and oxygen atoms in total. The standard InChI is InChI=1S/C17H18N2O4/c1-9-5-14(17(23-4)7-12(9)18)19(11(3)20)13-8-15(21)10(2)6-16(13)22/h5-8H,18H2,1-4H3. The van der Waals surface area contributed by atoms with E-state index in [9.17, 15) is 14.4 Å². The van der Waals surface area contributed by atoms with Gasteiger partial charge >= 0.3 is 0 Å². The Morgan fingerprint density at radius 2 is 1.78 bits per heavy atom. The summed E-state index contributed by atoms with van der Waals surface area (Å²) in [6.45, 7) is 4.65. The first-order valence-corrected chi connectivity index (χ1v) is 6.99. The zero-order chi connectivity index (χ0) is 17.3. The lowest BCUT2D eigenvalue weighted by Gasteiger charge is -2.26. The van der Waals surface area contributed by atoms with Gasteiger partial charge in [0.15, 0.2) is 5.78 Å². The predicted octanol–water partition coefficient (Wildman–Crippen LogP) is 1.92. The highest BCUT2D eigenvalue weighted by molar-refractivity contribution is 6.23. The molecule has 0 aliphatic heterocycles. The monoisotopic (exact) mass is 314 g/mol. The van der Waals surface area contributed by atoms with E-state index in [2.05, 4.69) is 0 Å². The summed E-state index contributed by atoms with van der Waals surface area (Å²) in [5, 5.41) is 0. The first-order chi connectivity index (χ1) is 10.8. The Morgan fingerprint density at radius 1 is 1.13 bits per heavy atom. The predicted molar refractivity (Wildman–Crippen MR) is 87.2 cm³/mol. The van der Waals surface area contributed by atoms with Crippen molar-refractivity contribution in [1.29, 1.82) is 0 Å². The summed E-state index contributed by atoms with van der Waals surface area (Å²) in [6, 6.07) is 3.23. The van der Waals surface area contributed by atoms with E-state index in [1.54, 1.807) is 26.0 Å². The van der Waals surface area contributed by atoms with Crippen molar-refractivity contribution >= 4 is 28.8 Å². The van der Waals surface area contributed by atoms with Gasteiger partial charge in [-0.2, -0.15) is 0 Å². The lowest BCUT2D eigenvalue weighted by molar-refractivity contribution is -0.118. The normalized spacial score (nSPS) is 14.3. The summed E-state index contributed by atoms with van der Waals surface area (Å²) in [5.74, 6) is -0.783. The number of anilines is 2. The maximum absolute atomic E-state index is 12.3. The van der Waals surface area contributed by atoms with Crippen molar-refractivity contribution in [3.8, 4) is 5.75 Å². The zero-order valence-electron chi connectivity index (χ0n) is 13.5. The minimum absolute atomic E-state index is 0.00410. The van der Waals surface area contributed by atoms with Crippen molar-refractivity contribution in [3.63, 3.8) is 0 Å². The average molecular weight is 314 g/mol. The number of ketones is 2. The summed E-state index contributed by atoms with van der Waals surface area (Å²) in [7, 11) is 1.44. The van der Waals surface area contributed by atoms with Crippen LogP contribution in [-0.4, -0.2) is 24.6 Å². The van der Waals surface area contributed by atoms with Crippen molar-refractivity contribution in [2.24, 2.45) is 0 Å². The second-order valence-electron chi connectivity index (χ2n) is 5.32. The summed E-state index contributed by atoms with van der Waals surface area (Å²) < 4.78 is 5.27. The van der Waals surface area contributed by atoms with Crippen LogP contribution >= 0.6 is 0 Å². The number of nitrogens with zero attached hydrogens (tertiary/aromatic N) is 1. The Morgan fingerprint density at radius 3 is 2.35 bits per heavy atom. The van der Waals surface area contributed by atoms with E-state index in [0.717, 1.165) is 5.56 Å². The largest absolute Gasteiger partial charge is 0.494 e. The zero-order valence-corrected chi connectivity index (χ0v) is 13.5. The SMILES string of the molecule is COc1cc(N)c(C)cc1N(C(C)=O)C1=CC(=O)C(C)=CC1=O. The van der Waals surface area contributed by atoms with Gasteiger partial charge in [0.25, 0.3) is 0 Å². The Hall–Kier alpha value is -2.89. The molecular formula is C17H18N2O4. The maximum atomic E-state index is 12.3. The molecule has 0 aromatic heterocycles. The first kappa shape index (κ1) is 16.5. The maximum Gasteiger partial charge on any atom is 0.228 e. The third kappa shape index (κ3) is 3.01. The molecule has 0 saturated heterocycles. The molecule has 1 aromatic carbocycles. The van der Waals surface area contributed by atoms with Gasteiger partial charge < -0.3 is 10.5 Å². The number of carbonyl (C=O) groups excluding carboxylic acids is 3. The number of allylic oxidation sites excluding steroid dienone is 3. The molecule has 0 spiro atoms. The number of nitrogen functional groups attached to an aromatic ring is 1. The number of amides is 1. The van der Waals surface area contributed by atoms with E-state index in [0.29, 0.717) is 22.7 Å². The molecule has 0 unspecified atom stereocenters. The Kier molecular flexibility index (Phi) is 4.36. The summed E-state index contributed by atoms with van der Waals surface area (Å²) in [5.41, 5.74) is 7.79. The average Bonchev–Trinajstić information content (AvgIpc) is 2.47. The number of hydrogen-bond acceptors (Lipinski definition) is 5. The molecule has 120 valence electrons. The minimum Gasteiger partial charge on any atom is -0.494 e. The topological polar surface area (TPSA) is 89.7 Å². The highest BCUT2D eigenvalue weighted by Crippen LogP contribution is 2.35. The molecule has 1 aromatic rings. The third-order valence-electron chi connectivity index (χ3n) is 3.62. The van der Waals surface area contributed by atoms with Gasteiger partial charge in [0, 0.05) is 30.3 Å². The molecule has 1 aliphatic rings. The fraction of sp³-hybridized carbons (Fsp3) is 0.235. The quantitative estimate of drug-likeness (QED) is 0.680. The fourth-order valence-electron chi connectivity index (χ4n) is 2.32. The van der Waals surface area contributed by atoms with Gasteiger partial charge in [-0.05, 0) is 31.6 Å². The van der Waals surface area contributed by atoms with Crippen LogP contribution in [0.2, 0.25) is 0 Å². The van der Waals surface area contributed by atoms with Crippen molar-refractivity contribution in [3.05, 3.63) is 41.1 Å². The minimum atomic E-state index is -0.409. The van der Waals surface area contributed by atoms with Crippen molar-refractivity contribution in [2.45, 2.75) is 20.8 Å². The molecule has 2 rings (SSSR count). The second kappa shape index (κ2) is 6.08. The van der Waals surface area contributed by atoms with Crippen molar-refractivity contribution in [1.82, 2.24) is 0 Å². The van der Waals surface area contributed by atoms with Gasteiger partial charge in [0.05, 0.1) is 12.8 Å². The number of carbonyl (C=O) groups is 3. The number of nitrogens with two attached hydrogens (primary N) is 1. The lowest BCUT2D eigenvalue weighted by atomic mass is 10.0. The van der Waals surface area contributed by atoms with Crippen LogP contribution in [0.5, 0.6) is 5.75 Å². The number of ether oxygens (including phenoxy) is 1. The van der Waals surface area contributed by atoms with Gasteiger partial charge in [-0.1, -0.05) is 0 Å². The molecule has 0 atom stereocenters. The Bertz CT molecular complexity index is 775. The third-order valence-corrected chi connectivity index (χ3v) is 3.62. The Balaban J connectivity index is 2.64. The van der Waals surface area contributed by atoms with Crippen LogP contribution in [0.25, 0.3) is 0 Å². The van der Waals surface area contributed by atoms with Crippen LogP contribution in [-0.2, 0) is 14.4 Å². The van der Waals surface area contributed by atoms with Gasteiger partial charge in [0.2, 0.25) is 11.7 Å². The molecular weight excluding hydrogens is 296 g/mol. The molecule has 1 aliphatic carbocycles. The smallest absolute Gasteiger partial charge is 0.228 e. The molecule has 0 bridgehead atoms. The number of methoxy groups -OCH3 is 1. The molecule has 0 heterocycles. The van der Waals surface area contributed by atoms with Gasteiger partial charge in [-0.15, -0.1) is 0 Å². The Labute approximate surface area is 134 Å². The summed E-state index contributed by atoms with van der Waals surface area (Å²) >= 11 is 0. The van der Waals surface area contributed by atoms with E-state index in [4.69, 9.17) is 10.5 Å². The highest BCUT2D eigenvalue weighted by Gasteiger charge is 2.28. The second-order valence-corrected chi connectivity index (χ2v) is 5.32. The van der Waals surface area contributed by atoms with Crippen molar-refractivity contribution < 1.29 is 19.1 Å². The van der Waals surface area contributed by atoms with E-state index in [1.165, 1.54) is 31.1 Å². The lowest BCUT2D eigenvalue weighted by Crippen LogP contribution is -2.34. The van der Waals surface area contributed by atoms with Crippen LogP contribution in [0.1, 0.15) is 19.4 Å². The molecule has 0 fully saturated rings. The van der Waals surface area contributed by atoms with Gasteiger partial charge in [-0.25, -0.2) is 0 Å². The molecule has 6 heteroatoms. The van der Waals surface area contributed by atoms with Crippen LogP contribution in [0.15, 0.2) is 35.6 Å². The fourth-order valence-corrected chi connectivity index (χ4v) is 2.32. The van der Waals surface area contributed by atoms with Gasteiger partial charge in [0.1, 0.15) is 11.4 Å². The molecule has 2 N–H and O–H groups in total. The molecule has 0 saturated carbocycles. The number of rotatable bonds is 3. The van der Waals surface area contributed by atoms with E-state index < -0.39 is 11.7 Å². The van der Waals surface area contributed by atoms with Crippen LogP contribution < -0.4 is 15.4 Å². The first-order valence-electron chi connectivity index (χ1n) is 6.99. The number of aryl methyl sites for hydroxylation is 1. The number of benzene rings is 1.